The molecule has 1 saturated heterocycles. The van der Waals surface area contributed by atoms with Crippen LogP contribution in [0.4, 0.5) is 5.95 Å². The molecule has 0 radical (unpaired) electrons. The van der Waals surface area contributed by atoms with Crippen LogP contribution in [0.15, 0.2) is 0 Å². The molecule has 1 fully saturated rings. The predicted molar refractivity (Wildman–Crippen MR) is 68.8 cm³/mol. The van der Waals surface area contributed by atoms with Crippen molar-refractivity contribution in [3.63, 3.8) is 0 Å². The first-order chi connectivity index (χ1) is 8.06. The lowest BCUT2D eigenvalue weighted by molar-refractivity contribution is 0.252. The normalized spacial score (nSPS) is 18.4. The zero-order chi connectivity index (χ0) is 12.4. The number of halogens is 2. The fourth-order valence-electron chi connectivity index (χ4n) is 2.02. The minimum Gasteiger partial charge on any atom is -0.341 e. The van der Waals surface area contributed by atoms with Crippen LogP contribution in [0, 0.1) is 0 Å². The van der Waals surface area contributed by atoms with Gasteiger partial charge in [-0.05, 0) is 56.2 Å². The maximum Gasteiger partial charge on any atom is 0.230 e. The average molecular weight is 276 g/mol. The van der Waals surface area contributed by atoms with Crippen molar-refractivity contribution in [2.75, 3.05) is 32.1 Å². The van der Waals surface area contributed by atoms with Gasteiger partial charge in [0, 0.05) is 13.1 Å². The van der Waals surface area contributed by atoms with E-state index in [1.807, 2.05) is 11.9 Å². The molecule has 0 aliphatic carbocycles. The molecule has 2 heterocycles. The summed E-state index contributed by atoms with van der Waals surface area (Å²) in [6, 6.07) is 0.431. The van der Waals surface area contributed by atoms with E-state index in [1.165, 1.54) is 0 Å². The van der Waals surface area contributed by atoms with Crippen molar-refractivity contribution in [3.8, 4) is 0 Å². The van der Waals surface area contributed by atoms with Crippen molar-refractivity contribution in [3.05, 3.63) is 10.6 Å². The van der Waals surface area contributed by atoms with Crippen molar-refractivity contribution in [1.82, 2.24) is 19.9 Å². The lowest BCUT2D eigenvalue weighted by atomic mass is 10.0. The van der Waals surface area contributed by atoms with Crippen LogP contribution in [0.1, 0.15) is 12.8 Å². The van der Waals surface area contributed by atoms with Gasteiger partial charge in [-0.15, -0.1) is 0 Å². The van der Waals surface area contributed by atoms with E-state index in [0.717, 1.165) is 25.9 Å². The Balaban J connectivity index is 2.10. The molecule has 1 aliphatic rings. The summed E-state index contributed by atoms with van der Waals surface area (Å²) >= 11 is 11.5. The number of hydrogen-bond acceptors (Lipinski definition) is 5. The molecule has 0 unspecified atom stereocenters. The Morgan fingerprint density at radius 3 is 2.18 bits per heavy atom. The largest absolute Gasteiger partial charge is 0.341 e. The highest BCUT2D eigenvalue weighted by Crippen LogP contribution is 2.20. The number of aromatic nitrogens is 3. The SMILES string of the molecule is CN1CCC(N(C)c2nc(Cl)nc(Cl)n2)CC1. The van der Waals surface area contributed by atoms with Gasteiger partial charge in [-0.3, -0.25) is 0 Å². The van der Waals surface area contributed by atoms with Crippen LogP contribution in [-0.2, 0) is 0 Å². The molecule has 0 amide bonds. The van der Waals surface area contributed by atoms with Gasteiger partial charge in [-0.1, -0.05) is 0 Å². The fraction of sp³-hybridized carbons (Fsp3) is 0.700. The zero-order valence-corrected chi connectivity index (χ0v) is 11.4. The molecule has 0 spiro atoms. The van der Waals surface area contributed by atoms with E-state index in [9.17, 15) is 0 Å². The molecule has 1 aliphatic heterocycles. The van der Waals surface area contributed by atoms with Gasteiger partial charge in [0.05, 0.1) is 0 Å². The lowest BCUT2D eigenvalue weighted by Gasteiger charge is -2.35. The highest BCUT2D eigenvalue weighted by Gasteiger charge is 2.22. The number of anilines is 1. The highest BCUT2D eigenvalue weighted by molar-refractivity contribution is 6.31. The van der Waals surface area contributed by atoms with E-state index >= 15 is 0 Å². The molecule has 17 heavy (non-hydrogen) atoms. The number of hydrogen-bond donors (Lipinski definition) is 0. The number of likely N-dealkylation sites (tertiary alicyclic amines) is 1. The molecule has 0 atom stereocenters. The third kappa shape index (κ3) is 3.18. The maximum absolute atomic E-state index is 5.77. The standard InChI is InChI=1S/C10H15Cl2N5/c1-16-5-3-7(4-6-16)17(2)10-14-8(11)13-9(12)15-10/h7H,3-6H2,1-2H3. The third-order valence-corrected chi connectivity index (χ3v) is 3.46. The molecule has 0 saturated carbocycles. The quantitative estimate of drug-likeness (QED) is 0.822. The van der Waals surface area contributed by atoms with E-state index in [0.29, 0.717) is 12.0 Å². The zero-order valence-electron chi connectivity index (χ0n) is 9.90. The van der Waals surface area contributed by atoms with Gasteiger partial charge < -0.3 is 9.80 Å². The van der Waals surface area contributed by atoms with Crippen LogP contribution in [0.3, 0.4) is 0 Å². The van der Waals surface area contributed by atoms with Gasteiger partial charge in [-0.2, -0.15) is 15.0 Å². The highest BCUT2D eigenvalue weighted by atomic mass is 35.5. The van der Waals surface area contributed by atoms with Gasteiger partial charge in [0.2, 0.25) is 16.5 Å². The summed E-state index contributed by atoms with van der Waals surface area (Å²) in [5, 5.41) is 0.277. The Hall–Kier alpha value is -0.650. The minimum atomic E-state index is 0.139. The van der Waals surface area contributed by atoms with Crippen LogP contribution >= 0.6 is 23.2 Å². The Kier molecular flexibility index (Phi) is 4.01. The molecule has 1 aromatic heterocycles. The summed E-state index contributed by atoms with van der Waals surface area (Å²) in [7, 11) is 4.10. The van der Waals surface area contributed by atoms with Crippen LogP contribution in [0.2, 0.25) is 10.6 Å². The van der Waals surface area contributed by atoms with E-state index in [4.69, 9.17) is 23.2 Å². The number of piperidine rings is 1. The van der Waals surface area contributed by atoms with Gasteiger partial charge in [0.1, 0.15) is 0 Å². The summed E-state index contributed by atoms with van der Waals surface area (Å²) in [6.07, 6.45) is 2.18. The van der Waals surface area contributed by atoms with E-state index in [-0.39, 0.29) is 10.6 Å². The molecule has 5 nitrogen and oxygen atoms in total. The first-order valence-corrected chi connectivity index (χ1v) is 6.30. The Bertz CT molecular complexity index is 372. The maximum atomic E-state index is 5.77. The summed E-state index contributed by atoms with van der Waals surface area (Å²) < 4.78 is 0. The smallest absolute Gasteiger partial charge is 0.230 e. The van der Waals surface area contributed by atoms with Crippen molar-refractivity contribution in [2.45, 2.75) is 18.9 Å². The Morgan fingerprint density at radius 2 is 1.65 bits per heavy atom. The number of rotatable bonds is 2. The fourth-order valence-corrected chi connectivity index (χ4v) is 2.37. The van der Waals surface area contributed by atoms with E-state index in [2.05, 4.69) is 26.9 Å². The number of nitrogens with zero attached hydrogens (tertiary/aromatic N) is 5. The molecule has 7 heteroatoms. The second-order valence-corrected chi connectivity index (χ2v) is 4.99. The van der Waals surface area contributed by atoms with Crippen LogP contribution in [-0.4, -0.2) is 53.1 Å². The molecule has 0 bridgehead atoms. The second kappa shape index (κ2) is 5.33. The molecule has 2 rings (SSSR count). The van der Waals surface area contributed by atoms with Crippen molar-refractivity contribution in [1.29, 1.82) is 0 Å². The lowest BCUT2D eigenvalue weighted by Crippen LogP contribution is -2.42. The van der Waals surface area contributed by atoms with Gasteiger partial charge in [0.15, 0.2) is 0 Å². The van der Waals surface area contributed by atoms with Crippen molar-refractivity contribution >= 4 is 29.2 Å². The Morgan fingerprint density at radius 1 is 1.12 bits per heavy atom. The van der Waals surface area contributed by atoms with Crippen LogP contribution in [0.5, 0.6) is 0 Å². The van der Waals surface area contributed by atoms with Crippen molar-refractivity contribution < 1.29 is 0 Å². The molecule has 0 N–H and O–H groups in total. The summed E-state index contributed by atoms with van der Waals surface area (Å²) in [6.45, 7) is 2.17. The first-order valence-electron chi connectivity index (χ1n) is 5.54. The molecule has 0 aromatic carbocycles. The predicted octanol–water partition coefficient (Wildman–Crippen LogP) is 1.71. The van der Waals surface area contributed by atoms with Gasteiger partial charge in [-0.25, -0.2) is 0 Å². The topological polar surface area (TPSA) is 45.2 Å². The average Bonchev–Trinajstić information content (AvgIpc) is 2.28. The summed E-state index contributed by atoms with van der Waals surface area (Å²) in [5.74, 6) is 0.546. The molecular weight excluding hydrogens is 261 g/mol. The third-order valence-electron chi connectivity index (χ3n) is 3.12. The van der Waals surface area contributed by atoms with E-state index in [1.54, 1.807) is 0 Å². The first kappa shape index (κ1) is 12.8. The monoisotopic (exact) mass is 275 g/mol. The van der Waals surface area contributed by atoms with E-state index < -0.39 is 0 Å². The summed E-state index contributed by atoms with van der Waals surface area (Å²) in [4.78, 5) is 16.3. The summed E-state index contributed by atoms with van der Waals surface area (Å²) in [5.41, 5.74) is 0. The van der Waals surface area contributed by atoms with Crippen molar-refractivity contribution in [2.24, 2.45) is 0 Å². The van der Waals surface area contributed by atoms with Gasteiger partial charge in [0.25, 0.3) is 0 Å². The second-order valence-electron chi connectivity index (χ2n) is 4.32. The Labute approximate surface area is 111 Å². The minimum absolute atomic E-state index is 0.139. The van der Waals surface area contributed by atoms with Crippen LogP contribution < -0.4 is 4.90 Å². The van der Waals surface area contributed by atoms with Gasteiger partial charge >= 0.3 is 0 Å². The molecule has 1 aromatic rings. The van der Waals surface area contributed by atoms with Crippen LogP contribution in [0.25, 0.3) is 0 Å². The molecule has 94 valence electrons. The molecular formula is C10H15Cl2N5.